The Morgan fingerprint density at radius 3 is 2.78 bits per heavy atom. The number of carbonyl (C=O) groups is 1. The molecule has 1 aromatic carbocycles. The Balaban J connectivity index is 2.97. The Morgan fingerprint density at radius 1 is 1.56 bits per heavy atom. The molecular weight excluding hydrogens is 304 g/mol. The molecule has 0 saturated heterocycles. The van der Waals surface area contributed by atoms with E-state index in [4.69, 9.17) is 5.11 Å². The Bertz CT molecular complexity index is 464. The van der Waals surface area contributed by atoms with Crippen LogP contribution in [0.4, 0.5) is 5.69 Å². The number of non-ortho nitro benzene ring substituents is 1. The number of carbonyl (C=O) groups excluding carboxylic acids is 1. The first-order valence-electron chi connectivity index (χ1n) is 5.27. The van der Waals surface area contributed by atoms with Crippen molar-refractivity contribution in [2.75, 3.05) is 20.2 Å². The minimum atomic E-state index is -0.545. The second-order valence-electron chi connectivity index (χ2n) is 3.73. The van der Waals surface area contributed by atoms with Crippen molar-refractivity contribution in [1.82, 2.24) is 4.90 Å². The molecule has 98 valence electrons. The van der Waals surface area contributed by atoms with Crippen LogP contribution < -0.4 is 0 Å². The molecule has 1 rings (SSSR count). The third-order valence-corrected chi connectivity index (χ3v) is 3.08. The summed E-state index contributed by atoms with van der Waals surface area (Å²) in [6.07, 6.45) is 0.467. The van der Waals surface area contributed by atoms with Crippen molar-refractivity contribution < 1.29 is 14.8 Å². The van der Waals surface area contributed by atoms with Crippen LogP contribution in [0.2, 0.25) is 0 Å². The van der Waals surface area contributed by atoms with Crippen LogP contribution in [-0.2, 0) is 0 Å². The van der Waals surface area contributed by atoms with Crippen molar-refractivity contribution in [3.05, 3.63) is 38.3 Å². The number of aliphatic hydroxyl groups is 1. The summed E-state index contributed by atoms with van der Waals surface area (Å²) in [6.45, 7) is 0.387. The van der Waals surface area contributed by atoms with Crippen LogP contribution in [0, 0.1) is 10.1 Å². The lowest BCUT2D eigenvalue weighted by Gasteiger charge is -2.17. The Kier molecular flexibility index (Phi) is 5.24. The zero-order valence-corrected chi connectivity index (χ0v) is 11.4. The molecule has 0 aliphatic heterocycles. The Hall–Kier alpha value is -1.47. The molecule has 0 unspecified atom stereocenters. The van der Waals surface area contributed by atoms with E-state index >= 15 is 0 Å². The average Bonchev–Trinajstić information content (AvgIpc) is 2.35. The van der Waals surface area contributed by atoms with Gasteiger partial charge in [0.15, 0.2) is 0 Å². The number of nitrogens with zero attached hydrogens (tertiary/aromatic N) is 2. The number of nitro benzene ring substituents is 1. The fraction of sp³-hybridized carbons (Fsp3) is 0.364. The van der Waals surface area contributed by atoms with Gasteiger partial charge >= 0.3 is 0 Å². The van der Waals surface area contributed by atoms with Gasteiger partial charge in [0.2, 0.25) is 0 Å². The number of amides is 1. The zero-order valence-electron chi connectivity index (χ0n) is 9.80. The molecule has 0 fully saturated rings. The van der Waals surface area contributed by atoms with E-state index in [9.17, 15) is 14.9 Å². The number of hydrogen-bond acceptors (Lipinski definition) is 4. The number of aliphatic hydroxyl groups excluding tert-OH is 1. The Morgan fingerprint density at radius 2 is 2.22 bits per heavy atom. The fourth-order valence-electron chi connectivity index (χ4n) is 1.41. The van der Waals surface area contributed by atoms with Gasteiger partial charge in [0.05, 0.1) is 10.5 Å². The first kappa shape index (κ1) is 14.6. The highest BCUT2D eigenvalue weighted by Gasteiger charge is 2.18. The minimum absolute atomic E-state index is 0.00622. The molecule has 0 heterocycles. The molecule has 0 saturated carbocycles. The molecule has 18 heavy (non-hydrogen) atoms. The molecule has 0 aromatic heterocycles. The SMILES string of the molecule is CN(CCCO)C(=O)c1cc([N+](=O)[O-])ccc1Br. The van der Waals surface area contributed by atoms with Crippen molar-refractivity contribution in [3.8, 4) is 0 Å². The summed E-state index contributed by atoms with van der Waals surface area (Å²) < 4.78 is 0.508. The molecule has 1 amide bonds. The van der Waals surface area contributed by atoms with Crippen molar-refractivity contribution in [2.45, 2.75) is 6.42 Å². The van der Waals surface area contributed by atoms with E-state index in [0.29, 0.717) is 17.4 Å². The third kappa shape index (κ3) is 3.51. The molecule has 0 spiro atoms. The number of halogens is 1. The predicted molar refractivity (Wildman–Crippen MR) is 69.5 cm³/mol. The van der Waals surface area contributed by atoms with Crippen LogP contribution in [0.15, 0.2) is 22.7 Å². The highest BCUT2D eigenvalue weighted by Crippen LogP contribution is 2.23. The van der Waals surface area contributed by atoms with E-state index in [1.54, 1.807) is 7.05 Å². The van der Waals surface area contributed by atoms with E-state index < -0.39 is 4.92 Å². The first-order chi connectivity index (χ1) is 8.47. The van der Waals surface area contributed by atoms with E-state index in [2.05, 4.69) is 15.9 Å². The van der Waals surface area contributed by atoms with Gasteiger partial charge in [-0.15, -0.1) is 0 Å². The van der Waals surface area contributed by atoms with Gasteiger partial charge in [0.25, 0.3) is 11.6 Å². The molecule has 6 nitrogen and oxygen atoms in total. The van der Waals surface area contributed by atoms with E-state index in [0.717, 1.165) is 0 Å². The fourth-order valence-corrected chi connectivity index (χ4v) is 1.82. The van der Waals surface area contributed by atoms with Crippen molar-refractivity contribution in [1.29, 1.82) is 0 Å². The summed E-state index contributed by atoms with van der Waals surface area (Å²) in [4.78, 5) is 23.6. The van der Waals surface area contributed by atoms with Crippen LogP contribution in [0.1, 0.15) is 16.8 Å². The maximum atomic E-state index is 12.0. The van der Waals surface area contributed by atoms with Crippen LogP contribution in [0.3, 0.4) is 0 Å². The second-order valence-corrected chi connectivity index (χ2v) is 4.58. The van der Waals surface area contributed by atoms with E-state index in [1.165, 1.54) is 23.1 Å². The smallest absolute Gasteiger partial charge is 0.270 e. The van der Waals surface area contributed by atoms with Crippen LogP contribution in [0.5, 0.6) is 0 Å². The van der Waals surface area contributed by atoms with Gasteiger partial charge in [-0.05, 0) is 28.4 Å². The van der Waals surface area contributed by atoms with Gasteiger partial charge in [0, 0.05) is 36.8 Å². The quantitative estimate of drug-likeness (QED) is 0.663. The topological polar surface area (TPSA) is 83.7 Å². The zero-order chi connectivity index (χ0) is 13.7. The largest absolute Gasteiger partial charge is 0.396 e. The molecule has 0 atom stereocenters. The molecule has 0 radical (unpaired) electrons. The predicted octanol–water partition coefficient (Wildman–Crippen LogP) is 1.81. The first-order valence-corrected chi connectivity index (χ1v) is 6.07. The summed E-state index contributed by atoms with van der Waals surface area (Å²) in [5, 5.41) is 19.4. The van der Waals surface area contributed by atoms with Gasteiger partial charge in [-0.3, -0.25) is 14.9 Å². The summed E-state index contributed by atoms with van der Waals surface area (Å²) in [7, 11) is 1.59. The molecule has 1 N–H and O–H groups in total. The van der Waals surface area contributed by atoms with Crippen molar-refractivity contribution >= 4 is 27.5 Å². The van der Waals surface area contributed by atoms with Gasteiger partial charge in [-0.2, -0.15) is 0 Å². The van der Waals surface area contributed by atoms with Crippen LogP contribution in [0.25, 0.3) is 0 Å². The van der Waals surface area contributed by atoms with Gasteiger partial charge in [-0.1, -0.05) is 0 Å². The number of hydrogen-bond donors (Lipinski definition) is 1. The number of nitro groups is 1. The number of rotatable bonds is 5. The van der Waals surface area contributed by atoms with Gasteiger partial charge in [-0.25, -0.2) is 0 Å². The lowest BCUT2D eigenvalue weighted by molar-refractivity contribution is -0.384. The number of benzene rings is 1. The maximum absolute atomic E-state index is 12.0. The summed E-state index contributed by atoms with van der Waals surface area (Å²) in [5.41, 5.74) is 0.113. The van der Waals surface area contributed by atoms with E-state index in [1.807, 2.05) is 0 Å². The summed E-state index contributed by atoms with van der Waals surface area (Å²) in [6, 6.07) is 4.04. The van der Waals surface area contributed by atoms with Crippen LogP contribution in [-0.4, -0.2) is 41.0 Å². The minimum Gasteiger partial charge on any atom is -0.396 e. The maximum Gasteiger partial charge on any atom is 0.270 e. The average molecular weight is 317 g/mol. The van der Waals surface area contributed by atoms with Crippen molar-refractivity contribution in [3.63, 3.8) is 0 Å². The molecular formula is C11H13BrN2O4. The molecule has 7 heteroatoms. The highest BCUT2D eigenvalue weighted by atomic mass is 79.9. The standard InChI is InChI=1S/C11H13BrN2O4/c1-13(5-2-6-15)11(16)9-7-8(14(17)18)3-4-10(9)12/h3-4,7,15H,2,5-6H2,1H3. The molecule has 0 aliphatic carbocycles. The Labute approximate surface area is 112 Å². The molecule has 0 aliphatic rings. The van der Waals surface area contributed by atoms with Gasteiger partial charge < -0.3 is 10.0 Å². The molecule has 0 bridgehead atoms. The normalized spacial score (nSPS) is 10.2. The lowest BCUT2D eigenvalue weighted by atomic mass is 10.2. The van der Waals surface area contributed by atoms with Crippen molar-refractivity contribution in [2.24, 2.45) is 0 Å². The summed E-state index contributed by atoms with van der Waals surface area (Å²) >= 11 is 3.20. The van der Waals surface area contributed by atoms with Crippen LogP contribution >= 0.6 is 15.9 Å². The molecule has 1 aromatic rings. The van der Waals surface area contributed by atoms with E-state index in [-0.39, 0.29) is 23.8 Å². The second kappa shape index (κ2) is 6.46. The van der Waals surface area contributed by atoms with Gasteiger partial charge in [0.1, 0.15) is 0 Å². The lowest BCUT2D eigenvalue weighted by Crippen LogP contribution is -2.28. The summed E-state index contributed by atoms with van der Waals surface area (Å²) in [5.74, 6) is -0.320. The third-order valence-electron chi connectivity index (χ3n) is 2.39. The monoisotopic (exact) mass is 316 g/mol. The highest BCUT2D eigenvalue weighted by molar-refractivity contribution is 9.10.